The van der Waals surface area contributed by atoms with Gasteiger partial charge in [-0.25, -0.2) is 16.8 Å². The lowest BCUT2D eigenvalue weighted by Gasteiger charge is -2.32. The molecule has 0 unspecified atom stereocenters. The molecule has 0 aromatic heterocycles. The van der Waals surface area contributed by atoms with E-state index in [0.717, 1.165) is 6.26 Å². The molecule has 0 saturated carbocycles. The van der Waals surface area contributed by atoms with Gasteiger partial charge in [0.05, 0.1) is 11.2 Å². The van der Waals surface area contributed by atoms with Crippen molar-refractivity contribution in [3.63, 3.8) is 0 Å². The van der Waals surface area contributed by atoms with E-state index in [-0.39, 0.29) is 31.1 Å². The number of piperazine rings is 1. The lowest BCUT2D eigenvalue weighted by Crippen LogP contribution is -2.50. The molecule has 1 saturated heterocycles. The van der Waals surface area contributed by atoms with Crippen LogP contribution in [0.5, 0.6) is 0 Å². The Morgan fingerprint density at radius 3 is 2.05 bits per heavy atom. The van der Waals surface area contributed by atoms with Crippen molar-refractivity contribution in [1.29, 1.82) is 0 Å². The molecule has 1 radical (unpaired) electrons. The maximum absolute atomic E-state index is 12.3. The average Bonchev–Trinajstić information content (AvgIpc) is 2.39. The first-order chi connectivity index (χ1) is 8.82. The van der Waals surface area contributed by atoms with E-state index in [1.54, 1.807) is 18.2 Å². The van der Waals surface area contributed by atoms with Crippen LogP contribution in [0.25, 0.3) is 0 Å². The molecule has 105 valence electrons. The number of hydrogen-bond donors (Lipinski definition) is 0. The smallest absolute Gasteiger partial charge is 0.213 e. The van der Waals surface area contributed by atoms with Crippen LogP contribution in [-0.2, 0) is 20.0 Å². The van der Waals surface area contributed by atoms with Crippen molar-refractivity contribution < 1.29 is 16.8 Å². The van der Waals surface area contributed by atoms with E-state index in [9.17, 15) is 16.8 Å². The van der Waals surface area contributed by atoms with Gasteiger partial charge >= 0.3 is 0 Å². The van der Waals surface area contributed by atoms with Crippen molar-refractivity contribution >= 4 is 20.0 Å². The zero-order valence-corrected chi connectivity index (χ0v) is 12.1. The van der Waals surface area contributed by atoms with Crippen molar-refractivity contribution in [3.05, 3.63) is 30.3 Å². The number of sulfonamides is 2. The van der Waals surface area contributed by atoms with Crippen LogP contribution < -0.4 is 0 Å². The first kappa shape index (κ1) is 14.4. The minimum Gasteiger partial charge on any atom is -0.213 e. The Morgan fingerprint density at radius 1 is 1.00 bits per heavy atom. The van der Waals surface area contributed by atoms with E-state index in [1.165, 1.54) is 14.7 Å². The molecule has 1 aliphatic heterocycles. The maximum Gasteiger partial charge on any atom is 0.243 e. The normalized spacial score (nSPS) is 19.4. The third kappa shape index (κ3) is 3.14. The predicted octanol–water partition coefficient (Wildman–Crippen LogP) is -0.247. The minimum atomic E-state index is -3.57. The van der Waals surface area contributed by atoms with E-state index in [2.05, 4.69) is 6.07 Å². The Hall–Kier alpha value is -0.960. The van der Waals surface area contributed by atoms with Crippen LogP contribution in [0, 0.1) is 6.07 Å². The van der Waals surface area contributed by atoms with Crippen LogP contribution in [-0.4, -0.2) is 57.9 Å². The summed E-state index contributed by atoms with van der Waals surface area (Å²) in [5.74, 6) is 0. The van der Waals surface area contributed by atoms with Crippen molar-refractivity contribution in [3.8, 4) is 0 Å². The molecule has 0 bridgehead atoms. The molecule has 1 aliphatic rings. The Kier molecular flexibility index (Phi) is 3.95. The highest BCUT2D eigenvalue weighted by molar-refractivity contribution is 7.89. The highest BCUT2D eigenvalue weighted by Crippen LogP contribution is 2.17. The van der Waals surface area contributed by atoms with Crippen LogP contribution in [0.3, 0.4) is 0 Å². The average molecular weight is 303 g/mol. The van der Waals surface area contributed by atoms with E-state index in [0.29, 0.717) is 0 Å². The van der Waals surface area contributed by atoms with E-state index < -0.39 is 20.0 Å². The monoisotopic (exact) mass is 303 g/mol. The van der Waals surface area contributed by atoms with Gasteiger partial charge in [-0.05, 0) is 6.07 Å². The summed E-state index contributed by atoms with van der Waals surface area (Å²) in [4.78, 5) is 0.114. The number of hydrogen-bond acceptors (Lipinski definition) is 4. The minimum absolute atomic E-state index is 0.114. The molecule has 1 heterocycles. The van der Waals surface area contributed by atoms with Crippen molar-refractivity contribution in [2.45, 2.75) is 4.90 Å². The first-order valence-electron chi connectivity index (χ1n) is 5.74. The quantitative estimate of drug-likeness (QED) is 0.772. The van der Waals surface area contributed by atoms with Gasteiger partial charge in [-0.2, -0.15) is 8.61 Å². The Balaban J connectivity index is 2.14. The summed E-state index contributed by atoms with van der Waals surface area (Å²) in [6.45, 7) is 0.700. The molecular weight excluding hydrogens is 288 g/mol. The van der Waals surface area contributed by atoms with Crippen molar-refractivity contribution in [1.82, 2.24) is 8.61 Å². The molecule has 0 amide bonds. The van der Waals surface area contributed by atoms with E-state index in [1.807, 2.05) is 0 Å². The molecule has 1 aromatic rings. The maximum atomic E-state index is 12.3. The molecule has 1 fully saturated rings. The molecule has 0 N–H and O–H groups in total. The SMILES string of the molecule is CS(=O)(=O)N1CCN(S(=O)(=O)c2[c]cccc2)CC1. The fourth-order valence-corrected chi connectivity index (χ4v) is 4.13. The van der Waals surface area contributed by atoms with Gasteiger partial charge in [0.25, 0.3) is 0 Å². The second kappa shape index (κ2) is 5.20. The molecule has 19 heavy (non-hydrogen) atoms. The van der Waals surface area contributed by atoms with Crippen LogP contribution in [0.4, 0.5) is 0 Å². The summed E-state index contributed by atoms with van der Waals surface area (Å²) in [6, 6.07) is 9.04. The summed E-state index contributed by atoms with van der Waals surface area (Å²) in [7, 11) is -6.83. The number of rotatable bonds is 3. The Morgan fingerprint density at radius 2 is 1.58 bits per heavy atom. The molecule has 0 atom stereocenters. The summed E-state index contributed by atoms with van der Waals surface area (Å²) in [5.41, 5.74) is 0. The second-order valence-corrected chi connectivity index (χ2v) is 8.18. The van der Waals surface area contributed by atoms with Crippen molar-refractivity contribution in [2.24, 2.45) is 0 Å². The predicted molar refractivity (Wildman–Crippen MR) is 70.5 cm³/mol. The van der Waals surface area contributed by atoms with Gasteiger partial charge in [0.15, 0.2) is 0 Å². The molecule has 6 nitrogen and oxygen atoms in total. The summed E-state index contributed by atoms with van der Waals surface area (Å²) in [6.07, 6.45) is 1.13. The molecule has 0 aliphatic carbocycles. The van der Waals surface area contributed by atoms with Gasteiger partial charge in [0.1, 0.15) is 0 Å². The lowest BCUT2D eigenvalue weighted by atomic mass is 10.4. The number of benzene rings is 1. The molecule has 0 spiro atoms. The zero-order valence-electron chi connectivity index (χ0n) is 10.5. The van der Waals surface area contributed by atoms with Gasteiger partial charge in [0, 0.05) is 32.2 Å². The van der Waals surface area contributed by atoms with E-state index in [4.69, 9.17) is 0 Å². The lowest BCUT2D eigenvalue weighted by molar-refractivity contribution is 0.274. The Labute approximate surface area is 113 Å². The largest absolute Gasteiger partial charge is 0.243 e. The molecule has 2 rings (SSSR count). The van der Waals surface area contributed by atoms with Gasteiger partial charge in [0.2, 0.25) is 20.0 Å². The van der Waals surface area contributed by atoms with Gasteiger partial charge in [-0.3, -0.25) is 0 Å². The third-order valence-corrected chi connectivity index (χ3v) is 6.12. The van der Waals surface area contributed by atoms with Gasteiger partial charge in [-0.15, -0.1) is 0 Å². The highest BCUT2D eigenvalue weighted by atomic mass is 32.2. The standard InChI is InChI=1S/C11H15N2O4S2/c1-18(14,15)12-7-9-13(10-8-12)19(16,17)11-5-3-2-4-6-11/h2-5H,7-10H2,1H3. The fraction of sp³-hybridized carbons (Fsp3) is 0.455. The van der Waals surface area contributed by atoms with Crippen LogP contribution in [0.1, 0.15) is 0 Å². The summed E-state index contributed by atoms with van der Waals surface area (Å²) >= 11 is 0. The topological polar surface area (TPSA) is 74.8 Å². The van der Waals surface area contributed by atoms with Crippen LogP contribution in [0.15, 0.2) is 29.2 Å². The van der Waals surface area contributed by atoms with E-state index >= 15 is 0 Å². The molecule has 8 heteroatoms. The van der Waals surface area contributed by atoms with Gasteiger partial charge < -0.3 is 0 Å². The molecular formula is C11H15N2O4S2. The van der Waals surface area contributed by atoms with Crippen LogP contribution in [0.2, 0.25) is 0 Å². The summed E-state index contributed by atoms with van der Waals surface area (Å²) < 4.78 is 49.8. The second-order valence-electron chi connectivity index (χ2n) is 4.29. The first-order valence-corrected chi connectivity index (χ1v) is 9.02. The highest BCUT2D eigenvalue weighted by Gasteiger charge is 2.31. The Bertz CT molecular complexity index is 633. The third-order valence-electron chi connectivity index (χ3n) is 2.96. The van der Waals surface area contributed by atoms with Gasteiger partial charge in [-0.1, -0.05) is 18.2 Å². The number of nitrogens with zero attached hydrogens (tertiary/aromatic N) is 2. The molecule has 1 aromatic carbocycles. The van der Waals surface area contributed by atoms with Crippen molar-refractivity contribution in [2.75, 3.05) is 32.4 Å². The fourth-order valence-electron chi connectivity index (χ4n) is 1.92. The summed E-state index contributed by atoms with van der Waals surface area (Å²) in [5, 5.41) is 0. The zero-order chi connectivity index (χ0) is 14.1. The van der Waals surface area contributed by atoms with Crippen LogP contribution >= 0.6 is 0 Å².